The molecule has 0 saturated carbocycles. The Labute approximate surface area is 159 Å². The van der Waals surface area contributed by atoms with Crippen LogP contribution in [0.5, 0.6) is 0 Å². The average molecular weight is 363 g/mol. The zero-order valence-corrected chi connectivity index (χ0v) is 15.5. The Kier molecular flexibility index (Phi) is 4.84. The summed E-state index contributed by atoms with van der Waals surface area (Å²) in [4.78, 5) is 27.2. The molecule has 0 unspecified atom stereocenters. The van der Waals surface area contributed by atoms with E-state index in [1.165, 1.54) is 5.56 Å². The second-order valence-electron chi connectivity index (χ2n) is 7.60. The fourth-order valence-electron chi connectivity index (χ4n) is 4.31. The molecule has 2 aliphatic rings. The van der Waals surface area contributed by atoms with Crippen LogP contribution in [0.2, 0.25) is 0 Å². The smallest absolute Gasteiger partial charge is 0.322 e. The highest BCUT2D eigenvalue weighted by molar-refractivity contribution is 5.94. The van der Waals surface area contributed by atoms with E-state index in [9.17, 15) is 9.59 Å². The molecule has 0 aromatic heterocycles. The van der Waals surface area contributed by atoms with E-state index in [1.54, 1.807) is 0 Å². The normalized spacial score (nSPS) is 23.7. The number of nitrogens with one attached hydrogen (secondary N) is 2. The number of rotatable bonds is 3. The molecule has 140 valence electrons. The number of urea groups is 1. The van der Waals surface area contributed by atoms with Gasteiger partial charge in [-0.1, -0.05) is 35.9 Å². The largest absolute Gasteiger partial charge is 0.349 e. The lowest BCUT2D eigenvalue weighted by atomic mass is 9.97. The van der Waals surface area contributed by atoms with Gasteiger partial charge in [0.05, 0.1) is 0 Å². The van der Waals surface area contributed by atoms with Crippen molar-refractivity contribution >= 4 is 17.6 Å². The summed E-state index contributed by atoms with van der Waals surface area (Å²) in [5, 5.41) is 6.17. The van der Waals surface area contributed by atoms with E-state index >= 15 is 0 Å². The maximum Gasteiger partial charge on any atom is 0.322 e. The van der Waals surface area contributed by atoms with Crippen molar-refractivity contribution < 1.29 is 9.59 Å². The number of nitrogens with zero attached hydrogens (tertiary/aromatic N) is 1. The Hall–Kier alpha value is -2.82. The van der Waals surface area contributed by atoms with Crippen molar-refractivity contribution in [2.24, 2.45) is 0 Å². The molecule has 0 spiro atoms. The van der Waals surface area contributed by atoms with Crippen LogP contribution in [0.1, 0.15) is 41.6 Å². The topological polar surface area (TPSA) is 61.4 Å². The van der Waals surface area contributed by atoms with Crippen LogP contribution in [0.15, 0.2) is 54.6 Å². The molecule has 5 heteroatoms. The molecule has 2 N–H and O–H groups in total. The Morgan fingerprint density at radius 2 is 1.56 bits per heavy atom. The second-order valence-corrected chi connectivity index (χ2v) is 7.60. The van der Waals surface area contributed by atoms with E-state index < -0.39 is 0 Å². The molecule has 2 aliphatic heterocycles. The minimum absolute atomic E-state index is 0.0285. The summed E-state index contributed by atoms with van der Waals surface area (Å²) in [5.74, 6) is -0.0300. The van der Waals surface area contributed by atoms with E-state index in [0.29, 0.717) is 5.56 Å². The summed E-state index contributed by atoms with van der Waals surface area (Å²) < 4.78 is 0. The van der Waals surface area contributed by atoms with Crippen molar-refractivity contribution in [1.29, 1.82) is 0 Å². The Morgan fingerprint density at radius 1 is 0.926 bits per heavy atom. The average Bonchev–Trinajstić information content (AvgIpc) is 2.95. The summed E-state index contributed by atoms with van der Waals surface area (Å²) in [5.41, 5.74) is 2.68. The van der Waals surface area contributed by atoms with Crippen LogP contribution in [-0.2, 0) is 0 Å². The van der Waals surface area contributed by atoms with Gasteiger partial charge in [-0.25, -0.2) is 4.79 Å². The van der Waals surface area contributed by atoms with E-state index in [4.69, 9.17) is 0 Å². The van der Waals surface area contributed by atoms with Gasteiger partial charge in [-0.2, -0.15) is 0 Å². The summed E-state index contributed by atoms with van der Waals surface area (Å²) in [6.45, 7) is 2.03. The first-order valence-electron chi connectivity index (χ1n) is 9.62. The molecule has 27 heavy (non-hydrogen) atoms. The number of carbonyl (C=O) groups is 2. The predicted octanol–water partition coefficient (Wildman–Crippen LogP) is 3.95. The van der Waals surface area contributed by atoms with Gasteiger partial charge in [0.15, 0.2) is 0 Å². The zero-order chi connectivity index (χ0) is 18.8. The van der Waals surface area contributed by atoms with Gasteiger partial charge < -0.3 is 15.5 Å². The van der Waals surface area contributed by atoms with Crippen molar-refractivity contribution in [2.75, 3.05) is 5.32 Å². The van der Waals surface area contributed by atoms with Gasteiger partial charge in [-0.05, 0) is 56.9 Å². The Bertz CT molecular complexity index is 805. The third kappa shape index (κ3) is 3.82. The first-order chi connectivity index (χ1) is 13.1. The van der Waals surface area contributed by atoms with E-state index in [-0.39, 0.29) is 30.1 Å². The lowest BCUT2D eigenvalue weighted by molar-refractivity contribution is 0.0891. The fraction of sp³-hybridized carbons (Fsp3) is 0.364. The molecule has 2 bridgehead atoms. The number of hydrogen-bond acceptors (Lipinski definition) is 2. The third-order valence-corrected chi connectivity index (χ3v) is 5.64. The number of aryl methyl sites for hydroxylation is 1. The van der Waals surface area contributed by atoms with E-state index in [2.05, 4.69) is 10.6 Å². The first-order valence-corrected chi connectivity index (χ1v) is 9.62. The van der Waals surface area contributed by atoms with E-state index in [0.717, 1.165) is 31.4 Å². The molecule has 2 fully saturated rings. The minimum Gasteiger partial charge on any atom is -0.349 e. The predicted molar refractivity (Wildman–Crippen MR) is 106 cm³/mol. The summed E-state index contributed by atoms with van der Waals surface area (Å²) in [7, 11) is 0. The maximum absolute atomic E-state index is 12.8. The number of hydrogen-bond donors (Lipinski definition) is 2. The third-order valence-electron chi connectivity index (χ3n) is 5.64. The van der Waals surface area contributed by atoms with Crippen molar-refractivity contribution in [3.05, 3.63) is 65.7 Å². The van der Waals surface area contributed by atoms with Crippen molar-refractivity contribution in [3.8, 4) is 0 Å². The molecule has 0 aliphatic carbocycles. The van der Waals surface area contributed by atoms with Crippen molar-refractivity contribution in [3.63, 3.8) is 0 Å². The van der Waals surface area contributed by atoms with Gasteiger partial charge >= 0.3 is 6.03 Å². The van der Waals surface area contributed by atoms with Crippen LogP contribution < -0.4 is 10.6 Å². The van der Waals surface area contributed by atoms with Crippen LogP contribution in [-0.4, -0.2) is 35.0 Å². The van der Waals surface area contributed by atoms with Crippen molar-refractivity contribution in [2.45, 2.75) is 50.7 Å². The molecule has 2 atom stereocenters. The van der Waals surface area contributed by atoms with Crippen molar-refractivity contribution in [1.82, 2.24) is 10.2 Å². The van der Waals surface area contributed by atoms with Gasteiger partial charge in [0.2, 0.25) is 0 Å². The quantitative estimate of drug-likeness (QED) is 0.867. The molecule has 2 heterocycles. The molecular weight excluding hydrogens is 338 g/mol. The molecule has 3 amide bonds. The van der Waals surface area contributed by atoms with E-state index in [1.807, 2.05) is 66.4 Å². The Morgan fingerprint density at radius 3 is 2.19 bits per heavy atom. The lowest BCUT2D eigenvalue weighted by Crippen LogP contribution is -2.53. The van der Waals surface area contributed by atoms with Crippen LogP contribution >= 0.6 is 0 Å². The number of amides is 3. The molecule has 5 nitrogen and oxygen atoms in total. The second kappa shape index (κ2) is 7.43. The summed E-state index contributed by atoms with van der Waals surface area (Å²) in [6, 6.07) is 17.6. The number of anilines is 1. The molecule has 4 rings (SSSR count). The van der Waals surface area contributed by atoms with Gasteiger partial charge in [-0.3, -0.25) is 4.79 Å². The first kappa shape index (κ1) is 17.6. The van der Waals surface area contributed by atoms with Crippen LogP contribution in [0.4, 0.5) is 10.5 Å². The summed E-state index contributed by atoms with van der Waals surface area (Å²) >= 11 is 0. The van der Waals surface area contributed by atoms with Gasteiger partial charge in [0, 0.05) is 29.4 Å². The van der Waals surface area contributed by atoms with Crippen LogP contribution in [0.3, 0.4) is 0 Å². The Balaban J connectivity index is 1.38. The number of carbonyl (C=O) groups excluding carboxylic acids is 2. The fourth-order valence-corrected chi connectivity index (χ4v) is 4.31. The van der Waals surface area contributed by atoms with Gasteiger partial charge in [0.25, 0.3) is 5.91 Å². The van der Waals surface area contributed by atoms with Crippen LogP contribution in [0, 0.1) is 6.92 Å². The molecule has 2 aromatic carbocycles. The summed E-state index contributed by atoms with van der Waals surface area (Å²) in [6.07, 6.45) is 3.64. The van der Waals surface area contributed by atoms with Crippen LogP contribution in [0.25, 0.3) is 0 Å². The number of piperidine rings is 1. The highest BCUT2D eigenvalue weighted by Crippen LogP contribution is 2.36. The van der Waals surface area contributed by atoms with Gasteiger partial charge in [0.1, 0.15) is 0 Å². The minimum atomic E-state index is -0.0300. The monoisotopic (exact) mass is 363 g/mol. The van der Waals surface area contributed by atoms with Gasteiger partial charge in [-0.15, -0.1) is 0 Å². The SMILES string of the molecule is Cc1ccc(NC(=O)N2[C@@H]3CC[C@@H]2CC(NC(=O)c2ccccc2)C3)cc1. The number of benzene rings is 2. The highest BCUT2D eigenvalue weighted by atomic mass is 16.2. The molecule has 0 radical (unpaired) electrons. The molecule has 2 saturated heterocycles. The number of fused-ring (bicyclic) bond motifs is 2. The molecule has 2 aromatic rings. The standard InChI is InChI=1S/C22H25N3O2/c1-15-7-9-17(10-8-15)24-22(27)25-19-11-12-20(25)14-18(13-19)23-21(26)16-5-3-2-4-6-16/h2-10,18-20H,11-14H2,1H3,(H,23,26)(H,24,27)/t19-,20-/m1/s1. The lowest BCUT2D eigenvalue weighted by Gasteiger charge is -2.39. The maximum atomic E-state index is 12.8. The zero-order valence-electron chi connectivity index (χ0n) is 15.5. The highest BCUT2D eigenvalue weighted by Gasteiger charge is 2.43. The molecular formula is C22H25N3O2.